The molecule has 3 nitrogen and oxygen atoms in total. The zero-order valence-electron chi connectivity index (χ0n) is 13.1. The molecule has 0 fully saturated rings. The number of amides is 2. The lowest BCUT2D eigenvalue weighted by molar-refractivity contribution is 0.0925. The monoisotopic (exact) mass is 293 g/mol. The molecule has 0 atom stereocenters. The molecule has 0 radical (unpaired) electrons. The van der Waals surface area contributed by atoms with Crippen LogP contribution in [0.3, 0.4) is 0 Å². The summed E-state index contributed by atoms with van der Waals surface area (Å²) in [5.74, 6) is -0.428. The van der Waals surface area contributed by atoms with Crippen molar-refractivity contribution in [1.29, 1.82) is 0 Å². The van der Waals surface area contributed by atoms with Crippen molar-refractivity contribution in [2.45, 2.75) is 33.6 Å². The van der Waals surface area contributed by atoms with Gasteiger partial charge in [-0.2, -0.15) is 0 Å². The highest BCUT2D eigenvalue weighted by Crippen LogP contribution is 2.34. The van der Waals surface area contributed by atoms with Gasteiger partial charge in [0.2, 0.25) is 0 Å². The molecule has 1 heterocycles. The van der Waals surface area contributed by atoms with Crippen LogP contribution in [0.5, 0.6) is 0 Å². The first-order chi connectivity index (χ1) is 10.6. The summed E-state index contributed by atoms with van der Waals surface area (Å²) in [6.07, 6.45) is 1.58. The smallest absolute Gasteiger partial charge is 0.266 e. The molecule has 3 heteroatoms. The van der Waals surface area contributed by atoms with Gasteiger partial charge in [-0.25, -0.2) is 4.90 Å². The SMILES string of the molecule is CCc1cc(C)cc(CC)c1N1C(=O)c2ccccc2C1=O. The minimum atomic E-state index is -0.214. The standard InChI is InChI=1S/C19H19NO2/c1-4-13-10-12(3)11-14(5-2)17(13)20-18(21)15-8-6-7-9-16(15)19(20)22/h6-11H,4-5H2,1-3H3. The molecule has 2 amide bonds. The average Bonchev–Trinajstić information content (AvgIpc) is 2.78. The number of rotatable bonds is 3. The highest BCUT2D eigenvalue weighted by molar-refractivity contribution is 6.34. The Hall–Kier alpha value is -2.42. The number of carbonyl (C=O) groups is 2. The first-order valence-corrected chi connectivity index (χ1v) is 7.68. The molecule has 1 aliphatic heterocycles. The lowest BCUT2D eigenvalue weighted by atomic mass is 9.98. The Morgan fingerprint density at radius 1 is 0.864 bits per heavy atom. The van der Waals surface area contributed by atoms with Crippen molar-refractivity contribution < 1.29 is 9.59 Å². The molecule has 1 aliphatic rings. The van der Waals surface area contributed by atoms with Crippen molar-refractivity contribution in [3.8, 4) is 0 Å². The highest BCUT2D eigenvalue weighted by Gasteiger charge is 2.38. The van der Waals surface area contributed by atoms with Gasteiger partial charge in [-0.3, -0.25) is 9.59 Å². The van der Waals surface area contributed by atoms with Gasteiger partial charge in [-0.15, -0.1) is 0 Å². The van der Waals surface area contributed by atoms with Gasteiger partial charge in [0, 0.05) is 0 Å². The lowest BCUT2D eigenvalue weighted by Crippen LogP contribution is -2.31. The molecule has 2 aromatic rings. The zero-order valence-corrected chi connectivity index (χ0v) is 13.1. The summed E-state index contributed by atoms with van der Waals surface area (Å²) in [6.45, 7) is 6.15. The summed E-state index contributed by atoms with van der Waals surface area (Å²) in [4.78, 5) is 26.8. The maximum Gasteiger partial charge on any atom is 0.266 e. The molecule has 0 aliphatic carbocycles. The molecule has 0 saturated carbocycles. The van der Waals surface area contributed by atoms with E-state index in [0.29, 0.717) is 11.1 Å². The minimum Gasteiger partial charge on any atom is -0.268 e. The summed E-state index contributed by atoms with van der Waals surface area (Å²) < 4.78 is 0. The number of fused-ring (bicyclic) bond motifs is 1. The molecule has 2 aromatic carbocycles. The van der Waals surface area contributed by atoms with E-state index >= 15 is 0 Å². The molecule has 0 aromatic heterocycles. The first-order valence-electron chi connectivity index (χ1n) is 7.68. The van der Waals surface area contributed by atoms with Gasteiger partial charge in [0.25, 0.3) is 11.8 Å². The van der Waals surface area contributed by atoms with Gasteiger partial charge in [0.15, 0.2) is 0 Å². The summed E-state index contributed by atoms with van der Waals surface area (Å²) in [5.41, 5.74) is 5.03. The van der Waals surface area contributed by atoms with Gasteiger partial charge in [-0.05, 0) is 43.0 Å². The number of aryl methyl sites for hydroxylation is 3. The van der Waals surface area contributed by atoms with E-state index in [-0.39, 0.29) is 11.8 Å². The minimum absolute atomic E-state index is 0.214. The fourth-order valence-corrected chi connectivity index (χ4v) is 3.15. The van der Waals surface area contributed by atoms with Gasteiger partial charge in [0.05, 0.1) is 16.8 Å². The Bertz CT molecular complexity index is 717. The summed E-state index contributed by atoms with van der Waals surface area (Å²) in [5, 5.41) is 0. The highest BCUT2D eigenvalue weighted by atomic mass is 16.2. The zero-order chi connectivity index (χ0) is 15.9. The Morgan fingerprint density at radius 3 is 1.73 bits per heavy atom. The van der Waals surface area contributed by atoms with E-state index in [4.69, 9.17) is 0 Å². The number of hydrogen-bond donors (Lipinski definition) is 0. The van der Waals surface area contributed by atoms with E-state index in [9.17, 15) is 9.59 Å². The van der Waals surface area contributed by atoms with Crippen LogP contribution in [0.1, 0.15) is 51.3 Å². The van der Waals surface area contributed by atoms with Gasteiger partial charge < -0.3 is 0 Å². The van der Waals surface area contributed by atoms with Gasteiger partial charge >= 0.3 is 0 Å². The van der Waals surface area contributed by atoms with E-state index in [1.807, 2.05) is 6.92 Å². The first kappa shape index (κ1) is 14.5. The second-order valence-corrected chi connectivity index (χ2v) is 5.63. The number of imide groups is 1. The Labute approximate surface area is 130 Å². The second kappa shape index (κ2) is 5.41. The van der Waals surface area contributed by atoms with E-state index in [2.05, 4.69) is 26.0 Å². The lowest BCUT2D eigenvalue weighted by Gasteiger charge is -2.22. The van der Waals surface area contributed by atoms with Crippen molar-refractivity contribution in [3.05, 3.63) is 64.2 Å². The summed E-state index contributed by atoms with van der Waals surface area (Å²) >= 11 is 0. The number of nitrogens with zero attached hydrogens (tertiary/aromatic N) is 1. The van der Waals surface area contributed by atoms with Crippen LogP contribution in [0, 0.1) is 6.92 Å². The normalized spacial score (nSPS) is 13.7. The van der Waals surface area contributed by atoms with Crippen LogP contribution in [0.2, 0.25) is 0 Å². The molecular formula is C19H19NO2. The molecule has 0 spiro atoms. The molecule has 22 heavy (non-hydrogen) atoms. The van der Waals surface area contributed by atoms with E-state index in [1.165, 1.54) is 4.90 Å². The Balaban J connectivity index is 2.21. The maximum absolute atomic E-state index is 12.7. The van der Waals surface area contributed by atoms with Crippen LogP contribution < -0.4 is 4.90 Å². The molecule has 112 valence electrons. The van der Waals surface area contributed by atoms with Crippen LogP contribution in [0.25, 0.3) is 0 Å². The van der Waals surface area contributed by atoms with Crippen molar-refractivity contribution in [1.82, 2.24) is 0 Å². The van der Waals surface area contributed by atoms with E-state index in [0.717, 1.165) is 35.2 Å². The second-order valence-electron chi connectivity index (χ2n) is 5.63. The van der Waals surface area contributed by atoms with Crippen molar-refractivity contribution in [3.63, 3.8) is 0 Å². The fraction of sp³-hybridized carbons (Fsp3) is 0.263. The van der Waals surface area contributed by atoms with Crippen LogP contribution in [0.15, 0.2) is 36.4 Å². The number of anilines is 1. The Morgan fingerprint density at radius 2 is 1.32 bits per heavy atom. The third-order valence-corrected chi connectivity index (χ3v) is 4.19. The molecule has 0 N–H and O–H groups in total. The average molecular weight is 293 g/mol. The predicted octanol–water partition coefficient (Wildman–Crippen LogP) is 3.92. The number of hydrogen-bond acceptors (Lipinski definition) is 2. The number of benzene rings is 2. The maximum atomic E-state index is 12.7. The summed E-state index contributed by atoms with van der Waals surface area (Å²) in [6, 6.07) is 11.2. The van der Waals surface area contributed by atoms with Crippen LogP contribution in [0.4, 0.5) is 5.69 Å². The van der Waals surface area contributed by atoms with Crippen molar-refractivity contribution in [2.75, 3.05) is 4.90 Å². The molecule has 0 saturated heterocycles. The van der Waals surface area contributed by atoms with Crippen LogP contribution in [-0.4, -0.2) is 11.8 Å². The topological polar surface area (TPSA) is 37.4 Å². The molecule has 3 rings (SSSR count). The van der Waals surface area contributed by atoms with Gasteiger partial charge in [-0.1, -0.05) is 43.7 Å². The molecule has 0 bridgehead atoms. The van der Waals surface area contributed by atoms with Crippen LogP contribution >= 0.6 is 0 Å². The van der Waals surface area contributed by atoms with Crippen LogP contribution in [-0.2, 0) is 12.8 Å². The van der Waals surface area contributed by atoms with E-state index in [1.54, 1.807) is 24.3 Å². The third kappa shape index (κ3) is 2.05. The van der Waals surface area contributed by atoms with Crippen molar-refractivity contribution >= 4 is 17.5 Å². The Kier molecular flexibility index (Phi) is 3.57. The molecular weight excluding hydrogens is 274 g/mol. The number of carbonyl (C=O) groups excluding carboxylic acids is 2. The van der Waals surface area contributed by atoms with Gasteiger partial charge in [0.1, 0.15) is 0 Å². The predicted molar refractivity (Wildman–Crippen MR) is 87.5 cm³/mol. The largest absolute Gasteiger partial charge is 0.268 e. The quantitative estimate of drug-likeness (QED) is 0.804. The fourth-order valence-electron chi connectivity index (χ4n) is 3.15. The van der Waals surface area contributed by atoms with E-state index < -0.39 is 0 Å². The third-order valence-electron chi connectivity index (χ3n) is 4.19. The summed E-state index contributed by atoms with van der Waals surface area (Å²) in [7, 11) is 0. The van der Waals surface area contributed by atoms with Crippen molar-refractivity contribution in [2.24, 2.45) is 0 Å². The molecule has 0 unspecified atom stereocenters.